The maximum absolute atomic E-state index is 12.5. The van der Waals surface area contributed by atoms with Crippen molar-refractivity contribution in [3.63, 3.8) is 0 Å². The van der Waals surface area contributed by atoms with Crippen molar-refractivity contribution >= 4 is 34.5 Å². The first-order valence-electron chi connectivity index (χ1n) is 8.52. The summed E-state index contributed by atoms with van der Waals surface area (Å²) < 4.78 is 30.1. The summed E-state index contributed by atoms with van der Waals surface area (Å²) in [6, 6.07) is 10.1. The lowest BCUT2D eigenvalue weighted by Gasteiger charge is -2.34. The molecule has 0 radical (unpaired) electrons. The summed E-state index contributed by atoms with van der Waals surface area (Å²) in [4.78, 5) is 17.9. The highest BCUT2D eigenvalue weighted by molar-refractivity contribution is 7.16. The molecule has 1 aliphatic rings. The first kappa shape index (κ1) is 20.0. The number of thiophene rings is 1. The normalized spacial score (nSPS) is 15.9. The van der Waals surface area contributed by atoms with Crippen molar-refractivity contribution in [3.05, 3.63) is 45.6 Å². The summed E-state index contributed by atoms with van der Waals surface area (Å²) in [7, 11) is 0. The number of halogens is 3. The highest BCUT2D eigenvalue weighted by Gasteiger charge is 2.20. The van der Waals surface area contributed by atoms with Crippen LogP contribution in [0.25, 0.3) is 0 Å². The first-order chi connectivity index (χ1) is 13.0. The van der Waals surface area contributed by atoms with Crippen molar-refractivity contribution < 1.29 is 18.3 Å². The smallest absolute Gasteiger partial charge is 0.387 e. The second-order valence-electron chi connectivity index (χ2n) is 6.18. The van der Waals surface area contributed by atoms with Crippen molar-refractivity contribution in [1.82, 2.24) is 9.80 Å². The molecule has 2 aromatic rings. The Hall–Kier alpha value is -1.74. The highest BCUT2D eigenvalue weighted by atomic mass is 35.5. The second kappa shape index (κ2) is 9.45. The van der Waals surface area contributed by atoms with Crippen LogP contribution in [-0.2, 0) is 11.3 Å². The summed E-state index contributed by atoms with van der Waals surface area (Å²) in [6.45, 7) is 1.37. The Morgan fingerprint density at radius 1 is 1.15 bits per heavy atom. The number of ether oxygens (including phenoxy) is 1. The van der Waals surface area contributed by atoms with Crippen LogP contribution >= 0.6 is 22.9 Å². The van der Waals surface area contributed by atoms with E-state index in [0.717, 1.165) is 37.1 Å². The summed E-state index contributed by atoms with van der Waals surface area (Å²) in [6.07, 6.45) is 0. The molecule has 0 bridgehead atoms. The average molecular weight is 416 g/mol. The van der Waals surface area contributed by atoms with Gasteiger partial charge in [0.25, 0.3) is 0 Å². The Labute approximate surface area is 165 Å². The highest BCUT2D eigenvalue weighted by Crippen LogP contribution is 2.25. The molecule has 1 amide bonds. The fourth-order valence-corrected chi connectivity index (χ4v) is 4.05. The van der Waals surface area contributed by atoms with Crippen LogP contribution in [0.15, 0.2) is 36.4 Å². The van der Waals surface area contributed by atoms with Gasteiger partial charge in [-0.1, -0.05) is 23.7 Å². The van der Waals surface area contributed by atoms with Gasteiger partial charge in [-0.3, -0.25) is 14.6 Å². The lowest BCUT2D eigenvalue weighted by molar-refractivity contribution is -0.117. The molecule has 0 atom stereocenters. The maximum atomic E-state index is 12.5. The third-order valence-electron chi connectivity index (χ3n) is 4.22. The van der Waals surface area contributed by atoms with Gasteiger partial charge in [-0.25, -0.2) is 0 Å². The number of para-hydroxylation sites is 2. The Balaban J connectivity index is 1.46. The molecule has 0 aliphatic carbocycles. The van der Waals surface area contributed by atoms with Gasteiger partial charge in [-0.15, -0.1) is 11.3 Å². The predicted octanol–water partition coefficient (Wildman–Crippen LogP) is 3.76. The van der Waals surface area contributed by atoms with E-state index in [-0.39, 0.29) is 23.9 Å². The lowest BCUT2D eigenvalue weighted by atomic mass is 10.2. The number of nitrogens with zero attached hydrogens (tertiary/aromatic N) is 2. The molecule has 1 fully saturated rings. The zero-order chi connectivity index (χ0) is 19.2. The SMILES string of the molecule is O=C(CN1CCN(Cc2ccc(Cl)s2)CC1)Nc1ccccc1OC(F)F. The van der Waals surface area contributed by atoms with Crippen LogP contribution in [0.4, 0.5) is 14.5 Å². The molecule has 9 heteroatoms. The van der Waals surface area contributed by atoms with Gasteiger partial charge in [0, 0.05) is 37.6 Å². The molecule has 3 rings (SSSR count). The standard InChI is InChI=1S/C18H20ClF2N3O2S/c19-16-6-5-13(27-16)11-23-7-9-24(10-8-23)12-17(25)22-14-3-1-2-4-15(14)26-18(20)21/h1-6,18H,7-12H2,(H,22,25). The number of anilines is 1. The molecule has 1 aromatic heterocycles. The number of carbonyl (C=O) groups excluding carboxylic acids is 1. The lowest BCUT2D eigenvalue weighted by Crippen LogP contribution is -2.48. The van der Waals surface area contributed by atoms with Crippen molar-refractivity contribution in [1.29, 1.82) is 0 Å². The van der Waals surface area contributed by atoms with Crippen LogP contribution < -0.4 is 10.1 Å². The van der Waals surface area contributed by atoms with Gasteiger partial charge in [-0.2, -0.15) is 8.78 Å². The summed E-state index contributed by atoms with van der Waals surface area (Å²) in [5, 5.41) is 2.65. The number of piperazine rings is 1. The molecule has 5 nitrogen and oxygen atoms in total. The molecular weight excluding hydrogens is 396 g/mol. The van der Waals surface area contributed by atoms with E-state index in [1.807, 2.05) is 17.0 Å². The Morgan fingerprint density at radius 3 is 2.52 bits per heavy atom. The van der Waals surface area contributed by atoms with E-state index < -0.39 is 6.61 Å². The third-order valence-corrected chi connectivity index (χ3v) is 5.43. The van der Waals surface area contributed by atoms with Gasteiger partial charge < -0.3 is 10.1 Å². The van der Waals surface area contributed by atoms with E-state index in [4.69, 9.17) is 11.6 Å². The van der Waals surface area contributed by atoms with Gasteiger partial charge in [0.05, 0.1) is 16.6 Å². The second-order valence-corrected chi connectivity index (χ2v) is 7.98. The number of amides is 1. The molecule has 1 aliphatic heterocycles. The number of benzene rings is 1. The Bertz CT molecular complexity index is 767. The van der Waals surface area contributed by atoms with E-state index in [1.54, 1.807) is 29.5 Å². The van der Waals surface area contributed by atoms with Crippen LogP contribution in [0.1, 0.15) is 4.88 Å². The van der Waals surface area contributed by atoms with E-state index in [0.29, 0.717) is 0 Å². The number of rotatable bonds is 7. The number of hydrogen-bond acceptors (Lipinski definition) is 5. The van der Waals surface area contributed by atoms with E-state index in [1.165, 1.54) is 10.9 Å². The van der Waals surface area contributed by atoms with Crippen molar-refractivity contribution in [2.75, 3.05) is 38.0 Å². The predicted molar refractivity (Wildman–Crippen MR) is 103 cm³/mol. The van der Waals surface area contributed by atoms with Crippen LogP contribution in [0.3, 0.4) is 0 Å². The van der Waals surface area contributed by atoms with Crippen LogP contribution in [0.5, 0.6) is 5.75 Å². The van der Waals surface area contributed by atoms with Crippen LogP contribution in [0.2, 0.25) is 4.34 Å². The van der Waals surface area contributed by atoms with Gasteiger partial charge in [0.1, 0.15) is 5.75 Å². The minimum absolute atomic E-state index is 0.0414. The Morgan fingerprint density at radius 2 is 1.85 bits per heavy atom. The third kappa shape index (κ3) is 6.14. The van der Waals surface area contributed by atoms with Crippen LogP contribution in [0, 0.1) is 0 Å². The summed E-state index contributed by atoms with van der Waals surface area (Å²) >= 11 is 7.54. The molecule has 1 N–H and O–H groups in total. The average Bonchev–Trinajstić information content (AvgIpc) is 3.03. The molecule has 146 valence electrons. The quantitative estimate of drug-likeness (QED) is 0.747. The minimum Gasteiger partial charge on any atom is -0.433 e. The van der Waals surface area contributed by atoms with E-state index in [2.05, 4.69) is 15.0 Å². The van der Waals surface area contributed by atoms with Crippen LogP contribution in [-0.4, -0.2) is 55.0 Å². The molecule has 0 unspecified atom stereocenters. The Kier molecular flexibility index (Phi) is 7.01. The molecule has 0 spiro atoms. The van der Waals surface area contributed by atoms with Gasteiger partial charge >= 0.3 is 6.61 Å². The van der Waals surface area contributed by atoms with E-state index >= 15 is 0 Å². The summed E-state index contributed by atoms with van der Waals surface area (Å²) in [5.41, 5.74) is 0.246. The van der Waals surface area contributed by atoms with Gasteiger partial charge in [0.15, 0.2) is 0 Å². The minimum atomic E-state index is -2.94. The number of alkyl halides is 2. The van der Waals surface area contributed by atoms with Gasteiger partial charge in [0.2, 0.25) is 5.91 Å². The molecule has 1 saturated heterocycles. The van der Waals surface area contributed by atoms with Gasteiger partial charge in [-0.05, 0) is 24.3 Å². The number of nitrogens with one attached hydrogen (secondary N) is 1. The van der Waals surface area contributed by atoms with Crippen molar-refractivity contribution in [2.45, 2.75) is 13.2 Å². The molecule has 27 heavy (non-hydrogen) atoms. The summed E-state index contributed by atoms with van der Waals surface area (Å²) in [5.74, 6) is -0.293. The van der Waals surface area contributed by atoms with Crippen molar-refractivity contribution in [2.24, 2.45) is 0 Å². The maximum Gasteiger partial charge on any atom is 0.387 e. The molecular formula is C18H20ClF2N3O2S. The fraction of sp³-hybridized carbons (Fsp3) is 0.389. The number of hydrogen-bond donors (Lipinski definition) is 1. The molecule has 1 aromatic carbocycles. The zero-order valence-corrected chi connectivity index (χ0v) is 16.1. The monoisotopic (exact) mass is 415 g/mol. The molecule has 2 heterocycles. The zero-order valence-electron chi connectivity index (χ0n) is 14.5. The molecule has 0 saturated carbocycles. The van der Waals surface area contributed by atoms with Crippen molar-refractivity contribution in [3.8, 4) is 5.75 Å². The fourth-order valence-electron chi connectivity index (χ4n) is 2.92. The van der Waals surface area contributed by atoms with E-state index in [9.17, 15) is 13.6 Å². The number of carbonyl (C=O) groups is 1. The topological polar surface area (TPSA) is 44.8 Å². The largest absolute Gasteiger partial charge is 0.433 e. The first-order valence-corrected chi connectivity index (χ1v) is 9.71.